The highest BCUT2D eigenvalue weighted by molar-refractivity contribution is 6.02. The first kappa shape index (κ1) is 12.4. The van der Waals surface area contributed by atoms with E-state index >= 15 is 0 Å². The molecule has 0 spiro atoms. The molecular weight excluding hydrogens is 226 g/mol. The summed E-state index contributed by atoms with van der Waals surface area (Å²) >= 11 is 0. The molecule has 1 amide bonds. The van der Waals surface area contributed by atoms with Crippen LogP contribution in [-0.4, -0.2) is 17.8 Å². The molecule has 1 rings (SSSR count). The number of carbonyl (C=O) groups is 3. The summed E-state index contributed by atoms with van der Waals surface area (Å²) in [6.45, 7) is 0. The lowest BCUT2D eigenvalue weighted by molar-refractivity contribution is -0.297. The molecule has 0 saturated carbocycles. The summed E-state index contributed by atoms with van der Waals surface area (Å²) in [4.78, 5) is 31.7. The van der Waals surface area contributed by atoms with Crippen molar-refractivity contribution >= 4 is 23.5 Å². The first-order chi connectivity index (χ1) is 7.99. The maximum atomic E-state index is 11.1. The van der Waals surface area contributed by atoms with Crippen LogP contribution in [-0.2, 0) is 9.59 Å². The zero-order chi connectivity index (χ0) is 12.8. The number of rotatable bonds is 4. The Hall–Kier alpha value is -2.63. The van der Waals surface area contributed by atoms with Gasteiger partial charge in [0.1, 0.15) is 0 Å². The van der Waals surface area contributed by atoms with Crippen molar-refractivity contribution in [1.82, 2.24) is 0 Å². The van der Waals surface area contributed by atoms with E-state index in [0.29, 0.717) is 6.08 Å². The number of hydrogen-bond donors (Lipinski definition) is 1. The summed E-state index contributed by atoms with van der Waals surface area (Å²) < 4.78 is 0. The van der Waals surface area contributed by atoms with Gasteiger partial charge in [-0.05, 0) is 23.8 Å². The van der Waals surface area contributed by atoms with E-state index in [9.17, 15) is 24.6 Å². The van der Waals surface area contributed by atoms with Crippen LogP contribution in [0.25, 0.3) is 0 Å². The second kappa shape index (κ2) is 5.45. The highest BCUT2D eigenvalue weighted by Gasteiger charge is 1.99. The average molecular weight is 233 g/mol. The van der Waals surface area contributed by atoms with Crippen molar-refractivity contribution in [3.63, 3.8) is 0 Å². The van der Waals surface area contributed by atoms with Gasteiger partial charge in [-0.3, -0.25) is 4.79 Å². The van der Waals surface area contributed by atoms with E-state index in [1.54, 1.807) is 0 Å². The third kappa shape index (κ3) is 4.17. The molecule has 0 atom stereocenters. The monoisotopic (exact) mass is 233 g/mol. The van der Waals surface area contributed by atoms with Gasteiger partial charge in [0.15, 0.2) is 0 Å². The van der Waals surface area contributed by atoms with Crippen molar-refractivity contribution in [2.24, 2.45) is 0 Å². The van der Waals surface area contributed by atoms with Crippen molar-refractivity contribution in [2.45, 2.75) is 0 Å². The predicted molar refractivity (Wildman–Crippen MR) is 53.5 cm³/mol. The van der Waals surface area contributed by atoms with Gasteiger partial charge in [0.05, 0.1) is 11.9 Å². The third-order valence-corrected chi connectivity index (χ3v) is 1.74. The van der Waals surface area contributed by atoms with Crippen LogP contribution in [0.2, 0.25) is 0 Å². The van der Waals surface area contributed by atoms with Gasteiger partial charge in [0.2, 0.25) is 5.91 Å². The number of anilines is 1. The predicted octanol–water partition coefficient (Wildman–Crippen LogP) is -1.71. The van der Waals surface area contributed by atoms with Gasteiger partial charge in [-0.1, -0.05) is 12.1 Å². The molecule has 6 heteroatoms. The molecule has 0 aliphatic rings. The zero-order valence-corrected chi connectivity index (χ0v) is 8.51. The summed E-state index contributed by atoms with van der Waals surface area (Å²) in [5.74, 6) is -3.57. The first-order valence-electron chi connectivity index (χ1n) is 4.50. The van der Waals surface area contributed by atoms with Crippen LogP contribution in [0.4, 0.5) is 5.69 Å². The van der Waals surface area contributed by atoms with Gasteiger partial charge >= 0.3 is 0 Å². The summed E-state index contributed by atoms with van der Waals surface area (Å²) in [7, 11) is 0. The number of hydrogen-bond acceptors (Lipinski definition) is 5. The number of amides is 1. The lowest BCUT2D eigenvalue weighted by Gasteiger charge is -2.06. The average Bonchev–Trinajstić information content (AvgIpc) is 2.26. The van der Waals surface area contributed by atoms with Gasteiger partial charge in [0.25, 0.3) is 0 Å². The quantitative estimate of drug-likeness (QED) is 0.623. The molecular formula is C11H7NO5-2. The smallest absolute Gasteiger partial charge is 0.248 e. The molecule has 88 valence electrons. The van der Waals surface area contributed by atoms with Crippen LogP contribution in [0.1, 0.15) is 10.4 Å². The number of carbonyl (C=O) groups excluding carboxylic acids is 3. The molecule has 0 fully saturated rings. The molecule has 0 unspecified atom stereocenters. The number of aromatic carboxylic acids is 1. The fourth-order valence-electron chi connectivity index (χ4n) is 1.05. The number of carboxylic acids is 2. The molecule has 1 aromatic rings. The van der Waals surface area contributed by atoms with E-state index in [1.165, 1.54) is 24.3 Å². The molecule has 0 bridgehead atoms. The zero-order valence-electron chi connectivity index (χ0n) is 8.51. The maximum absolute atomic E-state index is 11.1. The highest BCUT2D eigenvalue weighted by Crippen LogP contribution is 2.09. The SMILES string of the molecule is O=C([O-])C=CC(=O)Nc1cccc(C(=O)[O-])c1. The van der Waals surface area contributed by atoms with Crippen molar-refractivity contribution in [1.29, 1.82) is 0 Å². The number of nitrogens with one attached hydrogen (secondary N) is 1. The first-order valence-corrected chi connectivity index (χ1v) is 4.50. The Morgan fingerprint density at radius 2 is 1.82 bits per heavy atom. The standard InChI is InChI=1S/C11H9NO5/c13-9(4-5-10(14)15)12-8-3-1-2-7(6-8)11(16)17/h1-6H,(H,12,13)(H,14,15)(H,16,17)/p-2. The second-order valence-electron chi connectivity index (χ2n) is 3.01. The molecule has 6 nitrogen and oxygen atoms in total. The van der Waals surface area contributed by atoms with E-state index in [4.69, 9.17) is 0 Å². The molecule has 0 aromatic heterocycles. The fraction of sp³-hybridized carbons (Fsp3) is 0. The van der Waals surface area contributed by atoms with Gasteiger partial charge in [-0.15, -0.1) is 0 Å². The van der Waals surface area contributed by atoms with Crippen molar-refractivity contribution < 1.29 is 24.6 Å². The van der Waals surface area contributed by atoms with Crippen molar-refractivity contribution in [2.75, 3.05) is 5.32 Å². The van der Waals surface area contributed by atoms with Gasteiger partial charge in [-0.25, -0.2) is 0 Å². The Morgan fingerprint density at radius 3 is 2.41 bits per heavy atom. The maximum Gasteiger partial charge on any atom is 0.248 e. The Balaban J connectivity index is 2.75. The summed E-state index contributed by atoms with van der Waals surface area (Å²) in [5.41, 5.74) is 0.131. The normalized spacial score (nSPS) is 10.1. The number of carboxylic acid groups (broad SMARTS) is 2. The topological polar surface area (TPSA) is 109 Å². The number of aliphatic carboxylic acids is 1. The molecule has 0 aliphatic carbocycles. The van der Waals surface area contributed by atoms with Crippen LogP contribution >= 0.6 is 0 Å². The molecule has 1 aromatic carbocycles. The van der Waals surface area contributed by atoms with Crippen molar-refractivity contribution in [3.8, 4) is 0 Å². The van der Waals surface area contributed by atoms with Crippen LogP contribution in [0, 0.1) is 0 Å². The molecule has 17 heavy (non-hydrogen) atoms. The number of benzene rings is 1. The summed E-state index contributed by atoms with van der Waals surface area (Å²) in [6, 6.07) is 5.38. The van der Waals surface area contributed by atoms with Gasteiger partial charge in [-0.2, -0.15) is 0 Å². The van der Waals surface area contributed by atoms with Gasteiger partial charge < -0.3 is 25.1 Å². The minimum Gasteiger partial charge on any atom is -0.545 e. The van der Waals surface area contributed by atoms with E-state index in [-0.39, 0.29) is 11.3 Å². The Labute approximate surface area is 96.2 Å². The lowest BCUT2D eigenvalue weighted by Crippen LogP contribution is -2.22. The second-order valence-corrected chi connectivity index (χ2v) is 3.01. The largest absolute Gasteiger partial charge is 0.545 e. The minimum absolute atomic E-state index is 0.0910. The van der Waals surface area contributed by atoms with E-state index in [0.717, 1.165) is 6.08 Å². The summed E-state index contributed by atoms with van der Waals surface area (Å²) in [5, 5.41) is 22.9. The van der Waals surface area contributed by atoms with Gasteiger partial charge in [0, 0.05) is 11.8 Å². The van der Waals surface area contributed by atoms with E-state index < -0.39 is 17.8 Å². The Morgan fingerprint density at radius 1 is 1.12 bits per heavy atom. The third-order valence-electron chi connectivity index (χ3n) is 1.74. The Kier molecular flexibility index (Phi) is 3.99. The minimum atomic E-state index is -1.50. The van der Waals surface area contributed by atoms with Crippen LogP contribution < -0.4 is 15.5 Å². The summed E-state index contributed by atoms with van der Waals surface area (Å²) in [6.07, 6.45) is 1.33. The Bertz CT molecular complexity index is 492. The molecule has 0 saturated heterocycles. The van der Waals surface area contributed by atoms with Crippen LogP contribution in [0.5, 0.6) is 0 Å². The molecule has 0 radical (unpaired) electrons. The fourth-order valence-corrected chi connectivity index (χ4v) is 1.05. The van der Waals surface area contributed by atoms with Crippen LogP contribution in [0.15, 0.2) is 36.4 Å². The van der Waals surface area contributed by atoms with Crippen molar-refractivity contribution in [3.05, 3.63) is 42.0 Å². The lowest BCUT2D eigenvalue weighted by atomic mass is 10.2. The van der Waals surface area contributed by atoms with Crippen LogP contribution in [0.3, 0.4) is 0 Å². The molecule has 0 aliphatic heterocycles. The molecule has 0 heterocycles. The molecule has 1 N–H and O–H groups in total. The highest BCUT2D eigenvalue weighted by atomic mass is 16.4. The van der Waals surface area contributed by atoms with E-state index in [1.807, 2.05) is 0 Å². The van der Waals surface area contributed by atoms with E-state index in [2.05, 4.69) is 5.32 Å².